The summed E-state index contributed by atoms with van der Waals surface area (Å²) in [4.78, 5) is 36.0. The molecule has 0 spiro atoms. The van der Waals surface area contributed by atoms with Crippen LogP contribution in [0.15, 0.2) is 36.4 Å². The molecule has 0 atom stereocenters. The Hall–Kier alpha value is -2.80. The Balaban J connectivity index is 1.87. The average Bonchev–Trinajstić information content (AvgIpc) is 2.65. The molecule has 0 aliphatic heterocycles. The van der Waals surface area contributed by atoms with E-state index in [1.807, 2.05) is 24.3 Å². The predicted molar refractivity (Wildman–Crippen MR) is 97.1 cm³/mol. The zero-order valence-corrected chi connectivity index (χ0v) is 15.2. The number of likely N-dealkylation sites (N-methyl/N-ethyl adjacent to an activating group) is 2. The first-order valence-corrected chi connectivity index (χ1v) is 8.20. The van der Waals surface area contributed by atoms with Gasteiger partial charge >= 0.3 is 5.97 Å². The molecule has 7 nitrogen and oxygen atoms in total. The molecular formula is C18H19ClN2O5. The number of carbonyl (C=O) groups excluding carboxylic acids is 3. The molecule has 2 aromatic carbocycles. The quantitative estimate of drug-likeness (QED) is 0.740. The number of nitrogens with one attached hydrogen (secondary N) is 1. The van der Waals surface area contributed by atoms with E-state index in [2.05, 4.69) is 5.32 Å². The van der Waals surface area contributed by atoms with E-state index in [-0.39, 0.29) is 19.1 Å². The van der Waals surface area contributed by atoms with Crippen LogP contribution >= 0.6 is 11.6 Å². The Morgan fingerprint density at radius 1 is 1.08 bits per heavy atom. The van der Waals surface area contributed by atoms with Crippen molar-refractivity contribution >= 4 is 40.2 Å². The lowest BCUT2D eigenvalue weighted by atomic mass is 10.1. The fourth-order valence-electron chi connectivity index (χ4n) is 2.17. The van der Waals surface area contributed by atoms with Gasteiger partial charge in [0.15, 0.2) is 13.2 Å². The van der Waals surface area contributed by atoms with Crippen LogP contribution in [0.4, 0.5) is 0 Å². The highest BCUT2D eigenvalue weighted by molar-refractivity contribution is 6.35. The van der Waals surface area contributed by atoms with Gasteiger partial charge in [0.05, 0.1) is 6.54 Å². The molecule has 0 saturated carbocycles. The third-order valence-corrected chi connectivity index (χ3v) is 3.95. The topological polar surface area (TPSA) is 84.9 Å². The van der Waals surface area contributed by atoms with Crippen LogP contribution in [0, 0.1) is 0 Å². The van der Waals surface area contributed by atoms with Crippen LogP contribution in [-0.4, -0.2) is 56.5 Å². The van der Waals surface area contributed by atoms with E-state index in [1.54, 1.807) is 12.1 Å². The van der Waals surface area contributed by atoms with Crippen LogP contribution in [0.5, 0.6) is 5.75 Å². The van der Waals surface area contributed by atoms with E-state index >= 15 is 0 Å². The van der Waals surface area contributed by atoms with Crippen molar-refractivity contribution in [3.63, 3.8) is 0 Å². The van der Waals surface area contributed by atoms with Crippen LogP contribution < -0.4 is 10.1 Å². The van der Waals surface area contributed by atoms with Gasteiger partial charge in [-0.15, -0.1) is 0 Å². The largest absolute Gasteiger partial charge is 0.481 e. The number of esters is 1. The maximum Gasteiger partial charge on any atom is 0.344 e. The molecular weight excluding hydrogens is 360 g/mol. The minimum absolute atomic E-state index is 0.111. The van der Waals surface area contributed by atoms with E-state index in [4.69, 9.17) is 21.1 Å². The van der Waals surface area contributed by atoms with E-state index in [0.29, 0.717) is 10.8 Å². The number of ether oxygens (including phenoxy) is 2. The van der Waals surface area contributed by atoms with Crippen LogP contribution in [0.25, 0.3) is 10.8 Å². The van der Waals surface area contributed by atoms with Gasteiger partial charge in [-0.3, -0.25) is 9.59 Å². The first-order chi connectivity index (χ1) is 12.4. The number of amides is 2. The molecule has 2 aromatic rings. The van der Waals surface area contributed by atoms with Gasteiger partial charge in [0, 0.05) is 29.9 Å². The van der Waals surface area contributed by atoms with Crippen molar-refractivity contribution in [2.45, 2.75) is 0 Å². The number of rotatable bonds is 7. The smallest absolute Gasteiger partial charge is 0.344 e. The van der Waals surface area contributed by atoms with Gasteiger partial charge in [0.25, 0.3) is 5.91 Å². The van der Waals surface area contributed by atoms with Crippen molar-refractivity contribution in [1.29, 1.82) is 0 Å². The lowest BCUT2D eigenvalue weighted by Gasteiger charge is -2.16. The monoisotopic (exact) mass is 378 g/mol. The summed E-state index contributed by atoms with van der Waals surface area (Å²) in [6, 6.07) is 10.7. The molecule has 0 aliphatic rings. The zero-order valence-electron chi connectivity index (χ0n) is 14.5. The SMILES string of the molecule is CNC(=O)CN(C)C(=O)COC(=O)COc1ccc(Cl)c2ccccc12. The molecule has 26 heavy (non-hydrogen) atoms. The molecule has 0 unspecified atom stereocenters. The highest BCUT2D eigenvalue weighted by atomic mass is 35.5. The van der Waals surface area contributed by atoms with Gasteiger partial charge in [-0.05, 0) is 12.1 Å². The molecule has 0 heterocycles. The van der Waals surface area contributed by atoms with Gasteiger partial charge in [0.2, 0.25) is 5.91 Å². The van der Waals surface area contributed by atoms with Crippen LogP contribution in [0.1, 0.15) is 0 Å². The minimum Gasteiger partial charge on any atom is -0.481 e. The average molecular weight is 379 g/mol. The van der Waals surface area contributed by atoms with Gasteiger partial charge in [-0.2, -0.15) is 0 Å². The fourth-order valence-corrected chi connectivity index (χ4v) is 2.40. The molecule has 0 bridgehead atoms. The summed E-state index contributed by atoms with van der Waals surface area (Å²) in [5, 5.41) is 4.57. The van der Waals surface area contributed by atoms with Gasteiger partial charge in [0.1, 0.15) is 5.75 Å². The van der Waals surface area contributed by atoms with Crippen molar-refractivity contribution in [1.82, 2.24) is 10.2 Å². The first-order valence-electron chi connectivity index (χ1n) is 7.82. The predicted octanol–water partition coefficient (Wildman–Crippen LogP) is 1.62. The molecule has 0 saturated heterocycles. The molecule has 2 rings (SSSR count). The maximum atomic E-state index is 11.8. The van der Waals surface area contributed by atoms with Crippen molar-refractivity contribution in [2.75, 3.05) is 33.9 Å². The van der Waals surface area contributed by atoms with E-state index in [1.165, 1.54) is 19.0 Å². The van der Waals surface area contributed by atoms with Crippen LogP contribution in [-0.2, 0) is 19.1 Å². The van der Waals surface area contributed by atoms with E-state index in [9.17, 15) is 14.4 Å². The van der Waals surface area contributed by atoms with Crippen LogP contribution in [0.2, 0.25) is 5.02 Å². The second kappa shape index (κ2) is 9.05. The highest BCUT2D eigenvalue weighted by Gasteiger charge is 2.15. The molecule has 0 aromatic heterocycles. The first kappa shape index (κ1) is 19.5. The molecule has 8 heteroatoms. The second-order valence-corrected chi connectivity index (χ2v) is 5.87. The van der Waals surface area contributed by atoms with Gasteiger partial charge in [-0.25, -0.2) is 4.79 Å². The fraction of sp³-hybridized carbons (Fsp3) is 0.278. The summed E-state index contributed by atoms with van der Waals surface area (Å²) >= 11 is 6.13. The van der Waals surface area contributed by atoms with Gasteiger partial charge < -0.3 is 19.7 Å². The number of hydrogen-bond donors (Lipinski definition) is 1. The van der Waals surface area contributed by atoms with E-state index < -0.39 is 18.5 Å². The summed E-state index contributed by atoms with van der Waals surface area (Å²) in [5.74, 6) is -1.00. The van der Waals surface area contributed by atoms with Crippen molar-refractivity contribution < 1.29 is 23.9 Å². The highest BCUT2D eigenvalue weighted by Crippen LogP contribution is 2.31. The van der Waals surface area contributed by atoms with E-state index in [0.717, 1.165) is 10.8 Å². The Morgan fingerprint density at radius 2 is 1.77 bits per heavy atom. The Labute approximate surface area is 155 Å². The molecule has 0 aliphatic carbocycles. The molecule has 0 fully saturated rings. The molecule has 0 radical (unpaired) electrons. The number of halogens is 1. The number of fused-ring (bicyclic) bond motifs is 1. The van der Waals surface area contributed by atoms with Crippen molar-refractivity contribution in [2.24, 2.45) is 0 Å². The standard InChI is InChI=1S/C18H19ClN2O5/c1-20-16(22)9-21(2)17(23)10-26-18(24)11-25-15-8-7-14(19)12-5-3-4-6-13(12)15/h3-8H,9-11H2,1-2H3,(H,20,22). The number of nitrogens with zero attached hydrogens (tertiary/aromatic N) is 1. The number of carbonyl (C=O) groups is 3. The van der Waals surface area contributed by atoms with Crippen molar-refractivity contribution in [3.8, 4) is 5.75 Å². The summed E-state index contributed by atoms with van der Waals surface area (Å²) < 4.78 is 10.4. The third kappa shape index (κ3) is 5.10. The Morgan fingerprint density at radius 3 is 2.46 bits per heavy atom. The summed E-state index contributed by atoms with van der Waals surface area (Å²) in [5.41, 5.74) is 0. The Kier molecular flexibility index (Phi) is 6.80. The second-order valence-electron chi connectivity index (χ2n) is 5.46. The Bertz CT molecular complexity index is 824. The lowest BCUT2D eigenvalue weighted by Crippen LogP contribution is -2.39. The molecule has 1 N–H and O–H groups in total. The summed E-state index contributed by atoms with van der Waals surface area (Å²) in [7, 11) is 2.92. The maximum absolute atomic E-state index is 11.8. The van der Waals surface area contributed by atoms with Crippen molar-refractivity contribution in [3.05, 3.63) is 41.4 Å². The number of hydrogen-bond acceptors (Lipinski definition) is 5. The van der Waals surface area contributed by atoms with Crippen LogP contribution in [0.3, 0.4) is 0 Å². The zero-order chi connectivity index (χ0) is 19.1. The molecule has 2 amide bonds. The summed E-state index contributed by atoms with van der Waals surface area (Å²) in [6.07, 6.45) is 0. The van der Waals surface area contributed by atoms with Gasteiger partial charge in [-0.1, -0.05) is 35.9 Å². The third-order valence-electron chi connectivity index (χ3n) is 3.62. The minimum atomic E-state index is -0.689. The normalized spacial score (nSPS) is 10.3. The number of benzene rings is 2. The lowest BCUT2D eigenvalue weighted by molar-refractivity contribution is -0.153. The molecule has 138 valence electrons. The summed E-state index contributed by atoms with van der Waals surface area (Å²) in [6.45, 7) is -0.921.